The second kappa shape index (κ2) is 7.31. The molecule has 0 unspecified atom stereocenters. The Labute approximate surface area is 124 Å². The summed E-state index contributed by atoms with van der Waals surface area (Å²) in [6.45, 7) is 2.41. The van der Waals surface area contributed by atoms with Gasteiger partial charge < -0.3 is 15.4 Å². The molecular weight excluding hydrogens is 276 g/mol. The van der Waals surface area contributed by atoms with Gasteiger partial charge in [-0.05, 0) is 25.3 Å². The summed E-state index contributed by atoms with van der Waals surface area (Å²) in [6, 6.07) is 0. The fraction of sp³-hybridized carbons (Fsp3) is 0.857. The van der Waals surface area contributed by atoms with E-state index in [-0.39, 0.29) is 17.3 Å². The zero-order valence-corrected chi connectivity index (χ0v) is 12.9. The zero-order chi connectivity index (χ0) is 14.4. The van der Waals surface area contributed by atoms with Crippen molar-refractivity contribution >= 4 is 23.6 Å². The van der Waals surface area contributed by atoms with Crippen LogP contribution in [0.4, 0.5) is 0 Å². The topological polar surface area (TPSA) is 67.4 Å². The molecule has 0 aromatic heterocycles. The molecule has 1 heterocycles. The Balaban J connectivity index is 1.72. The monoisotopic (exact) mass is 300 g/mol. The Kier molecular flexibility index (Phi) is 5.72. The highest BCUT2D eigenvalue weighted by atomic mass is 32.2. The molecule has 0 radical (unpaired) electrons. The lowest BCUT2D eigenvalue weighted by Gasteiger charge is -2.37. The first kappa shape index (κ1) is 15.6. The molecule has 2 aliphatic rings. The summed E-state index contributed by atoms with van der Waals surface area (Å²) in [4.78, 5) is 23.5. The van der Waals surface area contributed by atoms with Gasteiger partial charge >= 0.3 is 5.97 Å². The van der Waals surface area contributed by atoms with E-state index in [9.17, 15) is 9.59 Å². The van der Waals surface area contributed by atoms with Crippen molar-refractivity contribution in [3.8, 4) is 0 Å². The van der Waals surface area contributed by atoms with Gasteiger partial charge in [0.15, 0.2) is 0 Å². The van der Waals surface area contributed by atoms with Crippen molar-refractivity contribution in [2.75, 3.05) is 38.2 Å². The molecule has 1 saturated carbocycles. The third-order valence-electron chi connectivity index (χ3n) is 4.47. The van der Waals surface area contributed by atoms with Crippen LogP contribution in [-0.2, 0) is 14.3 Å². The van der Waals surface area contributed by atoms with Crippen LogP contribution >= 0.6 is 11.8 Å². The summed E-state index contributed by atoms with van der Waals surface area (Å²) >= 11 is 1.49. The SMILES string of the molecule is COC(=O)CSCCNC(=O)[C@@]12CCCC[C@H]1CNC2. The number of fused-ring (bicyclic) bond motifs is 1. The van der Waals surface area contributed by atoms with Crippen molar-refractivity contribution in [2.24, 2.45) is 11.3 Å². The number of carbonyl (C=O) groups is 2. The maximum Gasteiger partial charge on any atom is 0.315 e. The van der Waals surface area contributed by atoms with Gasteiger partial charge in [-0.1, -0.05) is 12.8 Å². The lowest BCUT2D eigenvalue weighted by molar-refractivity contribution is -0.137. The molecule has 2 rings (SSSR count). The highest BCUT2D eigenvalue weighted by molar-refractivity contribution is 7.99. The Morgan fingerprint density at radius 1 is 1.45 bits per heavy atom. The molecule has 2 fully saturated rings. The van der Waals surface area contributed by atoms with Crippen LogP contribution in [0.25, 0.3) is 0 Å². The molecule has 0 aromatic rings. The highest BCUT2D eigenvalue weighted by Crippen LogP contribution is 2.43. The van der Waals surface area contributed by atoms with Crippen molar-refractivity contribution in [3.05, 3.63) is 0 Å². The van der Waals surface area contributed by atoms with Crippen molar-refractivity contribution in [3.63, 3.8) is 0 Å². The number of ether oxygens (including phenoxy) is 1. The Morgan fingerprint density at radius 3 is 3.10 bits per heavy atom. The molecule has 114 valence electrons. The summed E-state index contributed by atoms with van der Waals surface area (Å²) in [6.07, 6.45) is 4.57. The summed E-state index contributed by atoms with van der Waals surface area (Å²) in [5.74, 6) is 1.58. The number of hydrogen-bond acceptors (Lipinski definition) is 5. The fourth-order valence-corrected chi connectivity index (χ4v) is 3.99. The van der Waals surface area contributed by atoms with Crippen LogP contribution in [0.2, 0.25) is 0 Å². The number of hydrogen-bond donors (Lipinski definition) is 2. The van der Waals surface area contributed by atoms with Crippen LogP contribution in [0, 0.1) is 11.3 Å². The van der Waals surface area contributed by atoms with Crippen molar-refractivity contribution in [2.45, 2.75) is 25.7 Å². The molecule has 0 spiro atoms. The summed E-state index contributed by atoms with van der Waals surface area (Å²) in [5.41, 5.74) is -0.175. The van der Waals surface area contributed by atoms with Gasteiger partial charge in [-0.25, -0.2) is 0 Å². The van der Waals surface area contributed by atoms with E-state index in [2.05, 4.69) is 15.4 Å². The van der Waals surface area contributed by atoms with Crippen LogP contribution in [0.5, 0.6) is 0 Å². The van der Waals surface area contributed by atoms with E-state index in [0.29, 0.717) is 18.2 Å². The molecule has 6 heteroatoms. The van der Waals surface area contributed by atoms with E-state index < -0.39 is 0 Å². The standard InChI is InChI=1S/C14H24N2O3S/c1-19-12(17)9-20-7-6-16-13(18)14-5-3-2-4-11(14)8-15-10-14/h11,15H,2-10H2,1H3,(H,16,18)/t11-,14+/m0/s1. The number of nitrogens with one attached hydrogen (secondary N) is 2. The fourth-order valence-electron chi connectivity index (χ4n) is 3.32. The quantitative estimate of drug-likeness (QED) is 0.561. The molecule has 1 aliphatic carbocycles. The van der Waals surface area contributed by atoms with Crippen molar-refractivity contribution in [1.82, 2.24) is 10.6 Å². The Morgan fingerprint density at radius 2 is 2.30 bits per heavy atom. The van der Waals surface area contributed by atoms with Gasteiger partial charge in [0.05, 0.1) is 18.3 Å². The number of esters is 1. The molecule has 1 aliphatic heterocycles. The third-order valence-corrected chi connectivity index (χ3v) is 5.40. The zero-order valence-electron chi connectivity index (χ0n) is 12.1. The minimum atomic E-state index is -0.216. The van der Waals surface area contributed by atoms with Gasteiger partial charge in [-0.2, -0.15) is 0 Å². The number of methoxy groups -OCH3 is 1. The summed E-state index contributed by atoms with van der Waals surface area (Å²) < 4.78 is 4.57. The lowest BCUT2D eigenvalue weighted by atomic mass is 9.67. The smallest absolute Gasteiger partial charge is 0.315 e. The largest absolute Gasteiger partial charge is 0.468 e. The van der Waals surface area contributed by atoms with Gasteiger partial charge in [0.25, 0.3) is 0 Å². The van der Waals surface area contributed by atoms with E-state index in [1.807, 2.05) is 0 Å². The van der Waals surface area contributed by atoms with Gasteiger partial charge in [-0.3, -0.25) is 9.59 Å². The minimum absolute atomic E-state index is 0.175. The maximum atomic E-state index is 12.5. The van der Waals surface area contributed by atoms with Gasteiger partial charge in [0, 0.05) is 18.8 Å². The lowest BCUT2D eigenvalue weighted by Crippen LogP contribution is -2.48. The van der Waals surface area contributed by atoms with E-state index in [4.69, 9.17) is 0 Å². The molecule has 1 saturated heterocycles. The average Bonchev–Trinajstić information content (AvgIpc) is 2.91. The van der Waals surface area contributed by atoms with E-state index in [1.54, 1.807) is 0 Å². The normalized spacial score (nSPS) is 28.8. The third kappa shape index (κ3) is 3.47. The van der Waals surface area contributed by atoms with Crippen LogP contribution < -0.4 is 10.6 Å². The predicted octanol–water partition coefficient (Wildman–Crippen LogP) is 0.789. The second-order valence-electron chi connectivity index (χ2n) is 5.61. The maximum absolute atomic E-state index is 12.5. The summed E-state index contributed by atoms with van der Waals surface area (Å²) in [7, 11) is 1.39. The first-order valence-electron chi connectivity index (χ1n) is 7.32. The van der Waals surface area contributed by atoms with Crippen molar-refractivity contribution < 1.29 is 14.3 Å². The first-order chi connectivity index (χ1) is 9.69. The van der Waals surface area contributed by atoms with E-state index in [0.717, 1.165) is 38.1 Å². The molecule has 20 heavy (non-hydrogen) atoms. The number of carbonyl (C=O) groups excluding carboxylic acids is 2. The van der Waals surface area contributed by atoms with Crippen LogP contribution in [0.3, 0.4) is 0 Å². The van der Waals surface area contributed by atoms with Crippen LogP contribution in [-0.4, -0.2) is 50.1 Å². The van der Waals surface area contributed by atoms with Gasteiger partial charge in [0.1, 0.15) is 0 Å². The van der Waals surface area contributed by atoms with Crippen molar-refractivity contribution in [1.29, 1.82) is 0 Å². The molecule has 0 aromatic carbocycles. The molecule has 0 bridgehead atoms. The first-order valence-corrected chi connectivity index (χ1v) is 8.48. The molecule has 5 nitrogen and oxygen atoms in total. The van der Waals surface area contributed by atoms with Crippen LogP contribution in [0.1, 0.15) is 25.7 Å². The molecule has 2 atom stereocenters. The number of amides is 1. The second-order valence-corrected chi connectivity index (χ2v) is 6.72. The summed E-state index contributed by atoms with van der Waals surface area (Å²) in [5, 5.41) is 6.44. The Bertz CT molecular complexity index is 364. The van der Waals surface area contributed by atoms with Gasteiger partial charge in [0.2, 0.25) is 5.91 Å². The Hall–Kier alpha value is -0.750. The highest BCUT2D eigenvalue weighted by Gasteiger charge is 2.49. The van der Waals surface area contributed by atoms with E-state index in [1.165, 1.54) is 25.3 Å². The molecular formula is C14H24N2O3S. The van der Waals surface area contributed by atoms with Gasteiger partial charge in [-0.15, -0.1) is 11.8 Å². The average molecular weight is 300 g/mol. The molecule has 2 N–H and O–H groups in total. The molecule has 1 amide bonds. The van der Waals surface area contributed by atoms with Crippen LogP contribution in [0.15, 0.2) is 0 Å². The number of rotatable bonds is 6. The van der Waals surface area contributed by atoms with E-state index >= 15 is 0 Å². The number of thioether (sulfide) groups is 1. The minimum Gasteiger partial charge on any atom is -0.468 e. The predicted molar refractivity (Wildman–Crippen MR) is 79.6 cm³/mol.